The topological polar surface area (TPSA) is 67.2 Å². The van der Waals surface area contributed by atoms with E-state index < -0.39 is 20.5 Å². The number of rotatable bonds is 5. The molecule has 0 unspecified atom stereocenters. The number of methoxy groups -OCH3 is 1. The number of nitrogens with zero attached hydrogens (tertiary/aromatic N) is 1. The Kier molecular flexibility index (Phi) is 3.90. The Bertz CT molecular complexity index is 630. The Morgan fingerprint density at radius 2 is 1.95 bits per heavy atom. The first-order valence-corrected chi connectivity index (χ1v) is 8.54. The second kappa shape index (κ2) is 5.19. The minimum atomic E-state index is -3.29. The second-order valence-corrected chi connectivity index (χ2v) is 7.58. The van der Waals surface area contributed by atoms with Crippen molar-refractivity contribution in [3.63, 3.8) is 0 Å². The van der Waals surface area contributed by atoms with Crippen molar-refractivity contribution >= 4 is 9.84 Å². The number of aryl methyl sites for hydroxylation is 1. The zero-order valence-electron chi connectivity index (χ0n) is 12.0. The maximum Gasteiger partial charge on any atom is 0.152 e. The zero-order valence-corrected chi connectivity index (χ0v) is 12.8. The van der Waals surface area contributed by atoms with Gasteiger partial charge in [-0.3, -0.25) is 0 Å². The Balaban J connectivity index is 2.41. The Hall–Kier alpha value is -1.38. The van der Waals surface area contributed by atoms with Crippen LogP contribution in [0.2, 0.25) is 0 Å². The summed E-state index contributed by atoms with van der Waals surface area (Å²) in [7, 11) is -1.79. The molecule has 5 heteroatoms. The van der Waals surface area contributed by atoms with Crippen LogP contribution in [0.4, 0.5) is 0 Å². The molecule has 4 nitrogen and oxygen atoms in total. The molecule has 0 N–H and O–H groups in total. The van der Waals surface area contributed by atoms with Gasteiger partial charge in [-0.1, -0.05) is 31.2 Å². The van der Waals surface area contributed by atoms with E-state index >= 15 is 0 Å². The molecule has 0 bridgehead atoms. The van der Waals surface area contributed by atoms with Gasteiger partial charge in [0.15, 0.2) is 9.84 Å². The van der Waals surface area contributed by atoms with Gasteiger partial charge in [0.05, 0.1) is 17.9 Å². The molecular formula is C15H19NO3S. The smallest absolute Gasteiger partial charge is 0.152 e. The van der Waals surface area contributed by atoms with E-state index in [2.05, 4.69) is 13.0 Å². The van der Waals surface area contributed by atoms with Crippen LogP contribution in [0.1, 0.15) is 24.0 Å². The highest BCUT2D eigenvalue weighted by Gasteiger charge is 2.71. The molecule has 1 aromatic carbocycles. The van der Waals surface area contributed by atoms with E-state index in [1.54, 1.807) is 0 Å². The summed E-state index contributed by atoms with van der Waals surface area (Å²) < 4.78 is 29.0. The molecular weight excluding hydrogens is 274 g/mol. The van der Waals surface area contributed by atoms with Crippen LogP contribution < -0.4 is 0 Å². The highest BCUT2D eigenvalue weighted by molar-refractivity contribution is 7.91. The van der Waals surface area contributed by atoms with Crippen molar-refractivity contribution < 1.29 is 13.2 Å². The first kappa shape index (κ1) is 15.0. The molecule has 20 heavy (non-hydrogen) atoms. The number of ether oxygens (including phenoxy) is 1. The molecule has 1 aliphatic rings. The zero-order chi connectivity index (χ0) is 15.0. The van der Waals surface area contributed by atoms with Gasteiger partial charge in [0, 0.05) is 19.3 Å². The standard InChI is InChI=1S/C15H19NO3S/c1-4-11-5-7-12(8-6-11)13-14(20(3,17)18)15(13,9-16)10-19-2/h5-8,13-14H,4,10H2,1-3H3/t13-,14+,15-/m0/s1. The van der Waals surface area contributed by atoms with Gasteiger partial charge in [0.1, 0.15) is 5.41 Å². The van der Waals surface area contributed by atoms with Crippen molar-refractivity contribution in [1.82, 2.24) is 0 Å². The lowest BCUT2D eigenvalue weighted by molar-refractivity contribution is 0.162. The third kappa shape index (κ3) is 2.34. The van der Waals surface area contributed by atoms with Crippen LogP contribution in [-0.2, 0) is 21.0 Å². The summed E-state index contributed by atoms with van der Waals surface area (Å²) in [6.07, 6.45) is 2.13. The van der Waals surface area contributed by atoms with E-state index in [4.69, 9.17) is 4.74 Å². The van der Waals surface area contributed by atoms with E-state index in [-0.39, 0.29) is 12.5 Å². The maximum atomic E-state index is 11.9. The molecule has 1 saturated carbocycles. The average Bonchev–Trinajstić information content (AvgIpc) is 3.09. The van der Waals surface area contributed by atoms with Crippen LogP contribution in [-0.4, -0.2) is 33.6 Å². The molecule has 0 aromatic heterocycles. The summed E-state index contributed by atoms with van der Waals surface area (Å²) >= 11 is 0. The molecule has 1 aromatic rings. The minimum Gasteiger partial charge on any atom is -0.383 e. The van der Waals surface area contributed by atoms with E-state index in [1.165, 1.54) is 18.9 Å². The minimum absolute atomic E-state index is 0.140. The van der Waals surface area contributed by atoms with Gasteiger partial charge in [-0.15, -0.1) is 0 Å². The van der Waals surface area contributed by atoms with Crippen LogP contribution in [0.25, 0.3) is 0 Å². The van der Waals surface area contributed by atoms with E-state index in [0.29, 0.717) is 0 Å². The number of nitriles is 1. The lowest BCUT2D eigenvalue weighted by Gasteiger charge is -2.07. The van der Waals surface area contributed by atoms with Gasteiger partial charge < -0.3 is 4.74 Å². The van der Waals surface area contributed by atoms with Crippen LogP contribution >= 0.6 is 0 Å². The Labute approximate surface area is 120 Å². The highest BCUT2D eigenvalue weighted by Crippen LogP contribution is 2.62. The molecule has 3 atom stereocenters. The van der Waals surface area contributed by atoms with E-state index in [9.17, 15) is 13.7 Å². The van der Waals surface area contributed by atoms with Crippen LogP contribution in [0.5, 0.6) is 0 Å². The molecule has 0 aliphatic heterocycles. The third-order valence-electron chi connectivity index (χ3n) is 4.06. The molecule has 0 amide bonds. The summed E-state index contributed by atoms with van der Waals surface area (Å²) in [6, 6.07) is 10.0. The van der Waals surface area contributed by atoms with Gasteiger partial charge in [-0.25, -0.2) is 8.42 Å². The van der Waals surface area contributed by atoms with Gasteiger partial charge >= 0.3 is 0 Å². The van der Waals surface area contributed by atoms with E-state index in [0.717, 1.165) is 12.0 Å². The fourth-order valence-corrected chi connectivity index (χ4v) is 4.89. The molecule has 0 spiro atoms. The van der Waals surface area contributed by atoms with Crippen molar-refractivity contribution in [1.29, 1.82) is 5.26 Å². The van der Waals surface area contributed by atoms with Crippen LogP contribution in [0.15, 0.2) is 24.3 Å². The van der Waals surface area contributed by atoms with Crippen molar-refractivity contribution in [2.24, 2.45) is 5.41 Å². The van der Waals surface area contributed by atoms with Gasteiger partial charge in [0.2, 0.25) is 0 Å². The third-order valence-corrected chi connectivity index (χ3v) is 5.67. The molecule has 2 rings (SSSR count). The monoisotopic (exact) mass is 293 g/mol. The van der Waals surface area contributed by atoms with Crippen molar-refractivity contribution in [2.75, 3.05) is 20.0 Å². The predicted octanol–water partition coefficient (Wildman–Crippen LogP) is 1.92. The number of hydrogen-bond acceptors (Lipinski definition) is 4. The van der Waals surface area contributed by atoms with Crippen LogP contribution in [0.3, 0.4) is 0 Å². The summed E-state index contributed by atoms with van der Waals surface area (Å²) in [5.41, 5.74) is 1.15. The Morgan fingerprint density at radius 3 is 2.35 bits per heavy atom. The summed E-state index contributed by atoms with van der Waals surface area (Å²) in [5, 5.41) is 8.79. The quantitative estimate of drug-likeness (QED) is 0.831. The summed E-state index contributed by atoms with van der Waals surface area (Å²) in [5.74, 6) is -0.298. The lowest BCUT2D eigenvalue weighted by atomic mass is 10.00. The Morgan fingerprint density at radius 1 is 1.35 bits per heavy atom. The fourth-order valence-electron chi connectivity index (χ4n) is 3.04. The molecule has 0 saturated heterocycles. The first-order chi connectivity index (χ1) is 9.40. The molecule has 1 fully saturated rings. The molecule has 1 aliphatic carbocycles. The van der Waals surface area contributed by atoms with Gasteiger partial charge in [0.25, 0.3) is 0 Å². The summed E-state index contributed by atoms with van der Waals surface area (Å²) in [6.45, 7) is 2.21. The van der Waals surface area contributed by atoms with Gasteiger partial charge in [-0.05, 0) is 17.5 Å². The lowest BCUT2D eigenvalue weighted by Crippen LogP contribution is -2.17. The SMILES string of the molecule is CCc1ccc([C@H]2[C@@H](S(C)(=O)=O)[C@@]2(C#N)COC)cc1. The maximum absolute atomic E-state index is 11.9. The van der Waals surface area contributed by atoms with Crippen molar-refractivity contribution in [3.8, 4) is 6.07 Å². The largest absolute Gasteiger partial charge is 0.383 e. The molecule has 108 valence electrons. The predicted molar refractivity (Wildman–Crippen MR) is 77.1 cm³/mol. The number of sulfone groups is 1. The second-order valence-electron chi connectivity index (χ2n) is 5.41. The fraction of sp³-hybridized carbons (Fsp3) is 0.533. The average molecular weight is 293 g/mol. The first-order valence-electron chi connectivity index (χ1n) is 6.58. The normalized spacial score (nSPS) is 28.9. The molecule has 0 heterocycles. The summed E-state index contributed by atoms with van der Waals surface area (Å²) in [4.78, 5) is 0. The molecule has 0 radical (unpaired) electrons. The van der Waals surface area contributed by atoms with Crippen LogP contribution in [0, 0.1) is 16.7 Å². The van der Waals surface area contributed by atoms with Crippen molar-refractivity contribution in [2.45, 2.75) is 24.5 Å². The van der Waals surface area contributed by atoms with Crippen molar-refractivity contribution in [3.05, 3.63) is 35.4 Å². The highest BCUT2D eigenvalue weighted by atomic mass is 32.2. The number of benzene rings is 1. The van der Waals surface area contributed by atoms with Gasteiger partial charge in [-0.2, -0.15) is 5.26 Å². The number of hydrogen-bond donors (Lipinski definition) is 0. The van der Waals surface area contributed by atoms with E-state index in [1.807, 2.05) is 24.3 Å².